The van der Waals surface area contributed by atoms with E-state index in [1.165, 1.54) is 11.3 Å². The summed E-state index contributed by atoms with van der Waals surface area (Å²) in [4.78, 5) is 18.5. The zero-order chi connectivity index (χ0) is 13.2. The summed E-state index contributed by atoms with van der Waals surface area (Å²) < 4.78 is 0. The van der Waals surface area contributed by atoms with Gasteiger partial charge in [-0.25, -0.2) is 4.99 Å². The molecule has 0 fully saturated rings. The first kappa shape index (κ1) is 12.6. The monoisotopic (exact) mass is 290 g/mol. The van der Waals surface area contributed by atoms with Gasteiger partial charge in [-0.3, -0.25) is 4.79 Å². The summed E-state index contributed by atoms with van der Waals surface area (Å²) in [7, 11) is 0. The third kappa shape index (κ3) is 2.48. The topological polar surface area (TPSA) is 55.5 Å². The number of aryl methyl sites for hydroxylation is 1. The Balaban J connectivity index is 2.01. The van der Waals surface area contributed by atoms with Gasteiger partial charge in [0.1, 0.15) is 5.00 Å². The Bertz CT molecular complexity index is 626. The number of hydrogen-bond acceptors (Lipinski definition) is 4. The lowest BCUT2D eigenvalue weighted by Gasteiger charge is -2.10. The molecule has 0 aromatic carbocycles. The predicted octanol–water partition coefficient (Wildman–Crippen LogP) is 3.54. The van der Waals surface area contributed by atoms with Crippen molar-refractivity contribution in [3.05, 3.63) is 38.4 Å². The molecule has 2 aromatic heterocycles. The van der Waals surface area contributed by atoms with E-state index in [0.717, 1.165) is 34.7 Å². The first-order chi connectivity index (χ1) is 9.25. The van der Waals surface area contributed by atoms with E-state index in [1.807, 2.05) is 23.7 Å². The second kappa shape index (κ2) is 5.27. The van der Waals surface area contributed by atoms with Gasteiger partial charge in [0.2, 0.25) is 0 Å². The van der Waals surface area contributed by atoms with Crippen LogP contribution in [0.25, 0.3) is 0 Å². The third-order valence-electron chi connectivity index (χ3n) is 3.25. The summed E-state index contributed by atoms with van der Waals surface area (Å²) in [5.41, 5.74) is 7.32. The number of rotatable bonds is 3. The number of primary amides is 1. The number of carbonyl (C=O) groups excluding carboxylic acids is 1. The molecule has 3 rings (SSSR count). The number of fused-ring (bicyclic) bond motifs is 1. The van der Waals surface area contributed by atoms with Gasteiger partial charge < -0.3 is 5.73 Å². The summed E-state index contributed by atoms with van der Waals surface area (Å²) in [5, 5.41) is 2.78. The van der Waals surface area contributed by atoms with Crippen LogP contribution in [-0.2, 0) is 12.8 Å². The van der Waals surface area contributed by atoms with E-state index >= 15 is 0 Å². The molecule has 1 aliphatic carbocycles. The highest BCUT2D eigenvalue weighted by Crippen LogP contribution is 2.39. The molecule has 1 aliphatic rings. The van der Waals surface area contributed by atoms with Crippen LogP contribution in [-0.4, -0.2) is 12.1 Å². The van der Waals surface area contributed by atoms with E-state index in [-0.39, 0.29) is 5.91 Å². The number of hydrogen-bond donors (Lipinski definition) is 1. The van der Waals surface area contributed by atoms with E-state index in [1.54, 1.807) is 22.7 Å². The van der Waals surface area contributed by atoms with Crippen molar-refractivity contribution in [2.75, 3.05) is 0 Å². The second-order valence-corrected chi connectivity index (χ2v) is 6.59. The molecule has 98 valence electrons. The van der Waals surface area contributed by atoms with Crippen LogP contribution in [0.15, 0.2) is 22.5 Å². The average Bonchev–Trinajstić information content (AvgIpc) is 3.03. The van der Waals surface area contributed by atoms with Gasteiger partial charge in [0.05, 0.1) is 5.56 Å². The Morgan fingerprint density at radius 2 is 2.21 bits per heavy atom. The number of amides is 1. The molecule has 5 heteroatoms. The van der Waals surface area contributed by atoms with Gasteiger partial charge in [-0.2, -0.15) is 0 Å². The molecule has 0 saturated carbocycles. The highest BCUT2D eigenvalue weighted by molar-refractivity contribution is 7.16. The van der Waals surface area contributed by atoms with Crippen LogP contribution >= 0.6 is 22.7 Å². The highest BCUT2D eigenvalue weighted by Gasteiger charge is 2.23. The predicted molar refractivity (Wildman–Crippen MR) is 81.1 cm³/mol. The lowest BCUT2D eigenvalue weighted by atomic mass is 9.95. The van der Waals surface area contributed by atoms with Crippen molar-refractivity contribution in [2.24, 2.45) is 10.7 Å². The first-order valence-corrected chi connectivity index (χ1v) is 7.97. The van der Waals surface area contributed by atoms with Gasteiger partial charge in [-0.05, 0) is 42.7 Å². The minimum absolute atomic E-state index is 0.349. The molecule has 0 aliphatic heterocycles. The zero-order valence-corrected chi connectivity index (χ0v) is 12.0. The third-order valence-corrected chi connectivity index (χ3v) is 5.26. The standard InChI is InChI=1S/C14H14N2OS2/c15-13(17)12-10-5-1-2-6-11(10)19-14(12)16-8-9-4-3-7-18-9/h3-4,7-8H,1-2,5-6H2,(H2,15,17)/b16-8+. The van der Waals surface area contributed by atoms with Gasteiger partial charge in [-0.15, -0.1) is 22.7 Å². The molecule has 19 heavy (non-hydrogen) atoms. The summed E-state index contributed by atoms with van der Waals surface area (Å²) in [6, 6.07) is 3.99. The lowest BCUT2D eigenvalue weighted by Crippen LogP contribution is -2.14. The van der Waals surface area contributed by atoms with E-state index in [9.17, 15) is 4.79 Å². The van der Waals surface area contributed by atoms with E-state index in [0.29, 0.717) is 5.56 Å². The van der Waals surface area contributed by atoms with Crippen LogP contribution in [0.3, 0.4) is 0 Å². The molecule has 0 spiro atoms. The fourth-order valence-electron chi connectivity index (χ4n) is 2.38. The molecule has 0 bridgehead atoms. The maximum atomic E-state index is 11.7. The fraction of sp³-hybridized carbons (Fsp3) is 0.286. The number of nitrogens with two attached hydrogens (primary N) is 1. The molecular weight excluding hydrogens is 276 g/mol. The molecule has 0 unspecified atom stereocenters. The zero-order valence-electron chi connectivity index (χ0n) is 10.4. The van der Waals surface area contributed by atoms with Crippen LogP contribution in [0.1, 0.15) is 38.5 Å². The Kier molecular flexibility index (Phi) is 3.48. The molecular formula is C14H14N2OS2. The van der Waals surface area contributed by atoms with E-state index < -0.39 is 0 Å². The number of thiophene rings is 2. The molecule has 0 radical (unpaired) electrons. The van der Waals surface area contributed by atoms with Crippen molar-refractivity contribution in [1.29, 1.82) is 0 Å². The van der Waals surface area contributed by atoms with E-state index in [4.69, 9.17) is 5.73 Å². The average molecular weight is 290 g/mol. The Hall–Kier alpha value is -1.46. The number of nitrogens with zero attached hydrogens (tertiary/aromatic N) is 1. The minimum atomic E-state index is -0.349. The first-order valence-electron chi connectivity index (χ1n) is 6.27. The largest absolute Gasteiger partial charge is 0.365 e. The van der Waals surface area contributed by atoms with E-state index in [2.05, 4.69) is 4.99 Å². The van der Waals surface area contributed by atoms with Gasteiger partial charge in [-0.1, -0.05) is 6.07 Å². The quantitative estimate of drug-likeness (QED) is 0.864. The fourth-order valence-corrected chi connectivity index (χ4v) is 4.21. The highest BCUT2D eigenvalue weighted by atomic mass is 32.1. The van der Waals surface area contributed by atoms with Crippen molar-refractivity contribution in [3.63, 3.8) is 0 Å². The van der Waals surface area contributed by atoms with Crippen LogP contribution in [0.2, 0.25) is 0 Å². The van der Waals surface area contributed by atoms with Crippen LogP contribution < -0.4 is 5.73 Å². The maximum absolute atomic E-state index is 11.7. The van der Waals surface area contributed by atoms with Crippen molar-refractivity contribution >= 4 is 39.8 Å². The Morgan fingerprint density at radius 3 is 2.95 bits per heavy atom. The van der Waals surface area contributed by atoms with Crippen LogP contribution in [0.5, 0.6) is 0 Å². The van der Waals surface area contributed by atoms with Gasteiger partial charge >= 0.3 is 0 Å². The summed E-state index contributed by atoms with van der Waals surface area (Å²) in [6.45, 7) is 0. The van der Waals surface area contributed by atoms with Gasteiger partial charge in [0.15, 0.2) is 0 Å². The molecule has 2 aromatic rings. The molecule has 0 saturated heterocycles. The Morgan fingerprint density at radius 1 is 1.37 bits per heavy atom. The normalized spacial score (nSPS) is 14.7. The number of carbonyl (C=O) groups is 1. The molecule has 2 heterocycles. The van der Waals surface area contributed by atoms with Crippen molar-refractivity contribution in [1.82, 2.24) is 0 Å². The second-order valence-electron chi connectivity index (χ2n) is 4.53. The van der Waals surface area contributed by atoms with Crippen LogP contribution in [0.4, 0.5) is 5.00 Å². The SMILES string of the molecule is NC(=O)c1c(/N=C/c2cccs2)sc2c1CCCC2. The van der Waals surface area contributed by atoms with Crippen LogP contribution in [0, 0.1) is 0 Å². The number of aliphatic imine (C=N–C) groups is 1. The van der Waals surface area contributed by atoms with Crippen molar-refractivity contribution < 1.29 is 4.79 Å². The maximum Gasteiger partial charge on any atom is 0.252 e. The Labute approximate surface area is 119 Å². The summed E-state index contributed by atoms with van der Waals surface area (Å²) >= 11 is 3.25. The van der Waals surface area contributed by atoms with Crippen molar-refractivity contribution in [3.8, 4) is 0 Å². The molecule has 3 nitrogen and oxygen atoms in total. The minimum Gasteiger partial charge on any atom is -0.365 e. The van der Waals surface area contributed by atoms with Gasteiger partial charge in [0, 0.05) is 16.0 Å². The molecule has 2 N–H and O–H groups in total. The molecule has 1 amide bonds. The molecule has 0 atom stereocenters. The lowest BCUT2D eigenvalue weighted by molar-refractivity contribution is 0.100. The summed E-state index contributed by atoms with van der Waals surface area (Å²) in [6.07, 6.45) is 6.15. The summed E-state index contributed by atoms with van der Waals surface area (Å²) in [5.74, 6) is -0.349. The van der Waals surface area contributed by atoms with Gasteiger partial charge in [0.25, 0.3) is 5.91 Å². The van der Waals surface area contributed by atoms with Crippen molar-refractivity contribution in [2.45, 2.75) is 25.7 Å². The smallest absolute Gasteiger partial charge is 0.252 e.